The van der Waals surface area contributed by atoms with Gasteiger partial charge in [-0.25, -0.2) is 9.78 Å². The molecule has 1 aromatic rings. The Bertz CT molecular complexity index is 574. The third-order valence-corrected chi connectivity index (χ3v) is 2.93. The summed E-state index contributed by atoms with van der Waals surface area (Å²) in [5.74, 6) is -1.17. The number of nitro groups is 1. The fourth-order valence-electron chi connectivity index (χ4n) is 1.92. The summed E-state index contributed by atoms with van der Waals surface area (Å²) in [6, 6.07) is 1.16. The summed E-state index contributed by atoms with van der Waals surface area (Å²) in [5, 5.41) is 22.4. The van der Waals surface area contributed by atoms with Crippen molar-refractivity contribution in [2.24, 2.45) is 0 Å². The molecule has 9 heteroatoms. The number of carboxylic acids is 1. The number of carbonyl (C=O) groups excluding carboxylic acids is 1. The van der Waals surface area contributed by atoms with Crippen molar-refractivity contribution in [3.63, 3.8) is 0 Å². The Kier molecular flexibility index (Phi) is 3.78. The normalized spacial score (nSPS) is 15.4. The molecule has 0 unspecified atom stereocenters. The van der Waals surface area contributed by atoms with Gasteiger partial charge >= 0.3 is 11.7 Å². The summed E-state index contributed by atoms with van der Waals surface area (Å²) >= 11 is 0. The van der Waals surface area contributed by atoms with Gasteiger partial charge in [0.2, 0.25) is 5.91 Å². The van der Waals surface area contributed by atoms with Gasteiger partial charge in [-0.15, -0.1) is 0 Å². The largest absolute Gasteiger partial charge is 0.477 e. The van der Waals surface area contributed by atoms with Crippen LogP contribution in [0.4, 0.5) is 11.5 Å². The van der Waals surface area contributed by atoms with Gasteiger partial charge in [0.05, 0.1) is 4.92 Å². The van der Waals surface area contributed by atoms with Crippen LogP contribution >= 0.6 is 0 Å². The van der Waals surface area contributed by atoms with E-state index < -0.39 is 22.1 Å². The van der Waals surface area contributed by atoms with E-state index in [2.05, 4.69) is 10.3 Å². The van der Waals surface area contributed by atoms with Gasteiger partial charge in [-0.1, -0.05) is 0 Å². The van der Waals surface area contributed by atoms with E-state index in [-0.39, 0.29) is 12.3 Å². The molecule has 0 spiro atoms. The van der Waals surface area contributed by atoms with Gasteiger partial charge in [0.15, 0.2) is 0 Å². The van der Waals surface area contributed by atoms with E-state index >= 15 is 0 Å². The predicted octanol–water partition coefficient (Wildman–Crippen LogP) is 0.0143. The zero-order valence-corrected chi connectivity index (χ0v) is 10.4. The minimum absolute atomic E-state index is 0.0899. The SMILES string of the molecule is O=C1CCN(c2cc(C(=O)O)c([N+](=O)[O-])cn2)CCN1. The molecule has 0 aromatic carbocycles. The first-order valence-electron chi connectivity index (χ1n) is 5.88. The molecule has 2 heterocycles. The molecule has 0 aliphatic carbocycles. The number of anilines is 1. The molecule has 1 amide bonds. The molecule has 0 radical (unpaired) electrons. The molecule has 2 N–H and O–H groups in total. The maximum Gasteiger partial charge on any atom is 0.342 e. The summed E-state index contributed by atoms with van der Waals surface area (Å²) in [6.45, 7) is 1.27. The number of pyridine rings is 1. The van der Waals surface area contributed by atoms with E-state index in [1.54, 1.807) is 4.90 Å². The highest BCUT2D eigenvalue weighted by Gasteiger charge is 2.23. The molecule has 0 atom stereocenters. The highest BCUT2D eigenvalue weighted by molar-refractivity contribution is 5.93. The standard InChI is InChI=1S/C11H12N4O5/c16-10-1-3-14(4-2-12-10)9-5-7(11(17)18)8(6-13-9)15(19)20/h5-6H,1-4H2,(H,12,16)(H,17,18). The Hall–Kier alpha value is -2.71. The second-order valence-electron chi connectivity index (χ2n) is 4.21. The lowest BCUT2D eigenvalue weighted by Crippen LogP contribution is -2.29. The van der Waals surface area contributed by atoms with E-state index in [4.69, 9.17) is 5.11 Å². The lowest BCUT2D eigenvalue weighted by Gasteiger charge is -2.20. The number of nitrogens with zero attached hydrogens (tertiary/aromatic N) is 3. The van der Waals surface area contributed by atoms with E-state index in [9.17, 15) is 19.7 Å². The first-order valence-corrected chi connectivity index (χ1v) is 5.88. The van der Waals surface area contributed by atoms with Crippen LogP contribution in [0.1, 0.15) is 16.8 Å². The van der Waals surface area contributed by atoms with Crippen LogP contribution in [0.2, 0.25) is 0 Å². The van der Waals surface area contributed by atoms with Crippen molar-refractivity contribution in [1.29, 1.82) is 0 Å². The van der Waals surface area contributed by atoms with Gasteiger partial charge in [-0.2, -0.15) is 0 Å². The topological polar surface area (TPSA) is 126 Å². The Morgan fingerprint density at radius 2 is 2.25 bits per heavy atom. The number of rotatable bonds is 3. The number of aromatic nitrogens is 1. The third kappa shape index (κ3) is 2.82. The smallest absolute Gasteiger partial charge is 0.342 e. The Morgan fingerprint density at radius 1 is 1.50 bits per heavy atom. The first-order chi connectivity index (χ1) is 9.49. The van der Waals surface area contributed by atoms with Crippen LogP contribution in [0.5, 0.6) is 0 Å². The molecule has 20 heavy (non-hydrogen) atoms. The van der Waals surface area contributed by atoms with Crippen LogP contribution in [0, 0.1) is 10.1 Å². The van der Waals surface area contributed by atoms with Crippen LogP contribution in [0.25, 0.3) is 0 Å². The van der Waals surface area contributed by atoms with Crippen molar-refractivity contribution in [3.05, 3.63) is 27.9 Å². The fourth-order valence-corrected chi connectivity index (χ4v) is 1.92. The molecular weight excluding hydrogens is 268 g/mol. The lowest BCUT2D eigenvalue weighted by atomic mass is 10.2. The lowest BCUT2D eigenvalue weighted by molar-refractivity contribution is -0.385. The number of amides is 1. The van der Waals surface area contributed by atoms with Crippen molar-refractivity contribution < 1.29 is 19.6 Å². The fraction of sp³-hybridized carbons (Fsp3) is 0.364. The minimum Gasteiger partial charge on any atom is -0.477 e. The number of aromatic carboxylic acids is 1. The van der Waals surface area contributed by atoms with E-state index in [0.29, 0.717) is 25.5 Å². The molecule has 1 aliphatic rings. The summed E-state index contributed by atoms with van der Waals surface area (Å²) < 4.78 is 0. The zero-order valence-electron chi connectivity index (χ0n) is 10.4. The number of carboxylic acid groups (broad SMARTS) is 1. The summed E-state index contributed by atoms with van der Waals surface area (Å²) in [4.78, 5) is 37.9. The average molecular weight is 280 g/mol. The maximum absolute atomic E-state index is 11.2. The van der Waals surface area contributed by atoms with Gasteiger partial charge in [-0.3, -0.25) is 14.9 Å². The first kappa shape index (κ1) is 13.7. The number of carbonyl (C=O) groups is 2. The molecule has 9 nitrogen and oxygen atoms in total. The second-order valence-corrected chi connectivity index (χ2v) is 4.21. The van der Waals surface area contributed by atoms with E-state index in [1.807, 2.05) is 0 Å². The third-order valence-electron chi connectivity index (χ3n) is 2.93. The molecule has 106 valence electrons. The molecule has 1 saturated heterocycles. The Labute approximate surface area is 113 Å². The molecular formula is C11H12N4O5. The summed E-state index contributed by atoms with van der Waals surface area (Å²) in [7, 11) is 0. The number of hydrogen-bond donors (Lipinski definition) is 2. The van der Waals surface area contributed by atoms with E-state index in [1.165, 1.54) is 0 Å². The zero-order chi connectivity index (χ0) is 14.7. The van der Waals surface area contributed by atoms with Crippen molar-refractivity contribution in [2.75, 3.05) is 24.5 Å². The van der Waals surface area contributed by atoms with Crippen LogP contribution < -0.4 is 10.2 Å². The molecule has 0 bridgehead atoms. The molecule has 1 aromatic heterocycles. The molecule has 1 aliphatic heterocycles. The van der Waals surface area contributed by atoms with Crippen LogP contribution in [-0.4, -0.2) is 46.5 Å². The van der Waals surface area contributed by atoms with Crippen molar-refractivity contribution >= 4 is 23.4 Å². The van der Waals surface area contributed by atoms with Crippen molar-refractivity contribution in [2.45, 2.75) is 6.42 Å². The molecule has 1 fully saturated rings. The van der Waals surface area contributed by atoms with Crippen molar-refractivity contribution in [3.8, 4) is 0 Å². The van der Waals surface area contributed by atoms with Gasteiger partial charge in [0, 0.05) is 32.1 Å². The average Bonchev–Trinajstić information content (AvgIpc) is 2.62. The summed E-state index contributed by atoms with van der Waals surface area (Å²) in [5.41, 5.74) is -0.964. The van der Waals surface area contributed by atoms with Crippen molar-refractivity contribution in [1.82, 2.24) is 10.3 Å². The second kappa shape index (κ2) is 5.51. The number of hydrogen-bond acceptors (Lipinski definition) is 6. The summed E-state index contributed by atoms with van der Waals surface area (Å²) in [6.07, 6.45) is 1.19. The Morgan fingerprint density at radius 3 is 2.90 bits per heavy atom. The molecule has 0 saturated carbocycles. The minimum atomic E-state index is -1.38. The highest BCUT2D eigenvalue weighted by Crippen LogP contribution is 2.22. The van der Waals surface area contributed by atoms with E-state index in [0.717, 1.165) is 12.3 Å². The molecule has 2 rings (SSSR count). The van der Waals surface area contributed by atoms with Crippen LogP contribution in [-0.2, 0) is 4.79 Å². The highest BCUT2D eigenvalue weighted by atomic mass is 16.6. The van der Waals surface area contributed by atoms with Gasteiger partial charge in [0.1, 0.15) is 17.6 Å². The monoisotopic (exact) mass is 280 g/mol. The number of nitrogens with one attached hydrogen (secondary N) is 1. The predicted molar refractivity (Wildman–Crippen MR) is 67.7 cm³/mol. The van der Waals surface area contributed by atoms with Crippen LogP contribution in [0.15, 0.2) is 12.3 Å². The van der Waals surface area contributed by atoms with Gasteiger partial charge in [-0.05, 0) is 0 Å². The van der Waals surface area contributed by atoms with Crippen LogP contribution in [0.3, 0.4) is 0 Å². The maximum atomic E-state index is 11.2. The van der Waals surface area contributed by atoms with Gasteiger partial charge in [0.25, 0.3) is 0 Å². The Balaban J connectivity index is 2.33. The quantitative estimate of drug-likeness (QED) is 0.590. The van der Waals surface area contributed by atoms with Gasteiger partial charge < -0.3 is 15.3 Å².